The fraction of sp³-hybridized carbons (Fsp3) is 0.182. The number of aromatic hydroxyl groups is 2. The highest BCUT2D eigenvalue weighted by atomic mass is 32.2. The Hall–Kier alpha value is -2.59. The molecule has 0 bridgehead atoms. The molecular formula is C22H23NO2S. The Morgan fingerprint density at radius 3 is 2.38 bits per heavy atom. The van der Waals surface area contributed by atoms with Crippen LogP contribution in [0.25, 0.3) is 11.1 Å². The van der Waals surface area contributed by atoms with Crippen LogP contribution in [-0.2, 0) is 5.75 Å². The fourth-order valence-electron chi connectivity index (χ4n) is 2.81. The van der Waals surface area contributed by atoms with Crippen molar-refractivity contribution in [1.29, 1.82) is 0 Å². The average molecular weight is 365 g/mol. The minimum atomic E-state index is 0.0842. The van der Waals surface area contributed by atoms with E-state index < -0.39 is 0 Å². The predicted octanol–water partition coefficient (Wildman–Crippen LogP) is 6.15. The molecular weight excluding hydrogens is 342 g/mol. The van der Waals surface area contributed by atoms with E-state index in [1.165, 1.54) is 11.6 Å². The molecule has 3 N–H and O–H groups in total. The van der Waals surface area contributed by atoms with E-state index in [4.69, 9.17) is 0 Å². The van der Waals surface area contributed by atoms with Crippen LogP contribution in [0, 0.1) is 0 Å². The second kappa shape index (κ2) is 8.19. The number of benzene rings is 3. The van der Waals surface area contributed by atoms with Crippen LogP contribution in [0.5, 0.6) is 11.5 Å². The summed E-state index contributed by atoms with van der Waals surface area (Å²) in [7, 11) is 0. The van der Waals surface area contributed by atoms with E-state index in [9.17, 15) is 10.2 Å². The molecule has 0 aliphatic rings. The van der Waals surface area contributed by atoms with E-state index in [0.717, 1.165) is 28.1 Å². The van der Waals surface area contributed by atoms with Crippen molar-refractivity contribution in [3.8, 4) is 22.6 Å². The SMILES string of the molecule is CC(C)c1cc(-c2cccc(NSCc3ccccc3)c2)c(O)cc1O. The van der Waals surface area contributed by atoms with Crippen LogP contribution in [0.15, 0.2) is 66.7 Å². The lowest BCUT2D eigenvalue weighted by Crippen LogP contribution is -1.92. The molecule has 0 spiro atoms. The first-order valence-electron chi connectivity index (χ1n) is 8.62. The quantitative estimate of drug-likeness (QED) is 0.459. The molecule has 26 heavy (non-hydrogen) atoms. The summed E-state index contributed by atoms with van der Waals surface area (Å²) in [6, 6.07) is 21.5. The summed E-state index contributed by atoms with van der Waals surface area (Å²) in [4.78, 5) is 0. The zero-order valence-corrected chi connectivity index (χ0v) is 15.8. The molecule has 0 atom stereocenters. The molecule has 0 heterocycles. The van der Waals surface area contributed by atoms with Crippen molar-refractivity contribution >= 4 is 17.6 Å². The molecule has 0 aliphatic carbocycles. The largest absolute Gasteiger partial charge is 0.508 e. The highest BCUT2D eigenvalue weighted by Gasteiger charge is 2.13. The van der Waals surface area contributed by atoms with Gasteiger partial charge in [0.15, 0.2) is 0 Å². The maximum Gasteiger partial charge on any atom is 0.127 e. The van der Waals surface area contributed by atoms with Crippen LogP contribution in [0.4, 0.5) is 5.69 Å². The predicted molar refractivity (Wildman–Crippen MR) is 111 cm³/mol. The summed E-state index contributed by atoms with van der Waals surface area (Å²) in [5.41, 5.74) is 4.70. The lowest BCUT2D eigenvalue weighted by Gasteiger charge is -2.14. The summed E-state index contributed by atoms with van der Waals surface area (Å²) in [6.45, 7) is 4.04. The first kappa shape index (κ1) is 18.2. The Labute approximate surface area is 158 Å². The van der Waals surface area contributed by atoms with Gasteiger partial charge in [0.2, 0.25) is 0 Å². The Bertz CT molecular complexity index is 879. The van der Waals surface area contributed by atoms with Crippen LogP contribution in [-0.4, -0.2) is 10.2 Å². The molecule has 0 aromatic heterocycles. The van der Waals surface area contributed by atoms with E-state index >= 15 is 0 Å². The van der Waals surface area contributed by atoms with E-state index in [1.54, 1.807) is 11.9 Å². The molecule has 0 aliphatic heterocycles. The molecule has 3 aromatic carbocycles. The second-order valence-corrected chi connectivity index (χ2v) is 7.32. The Balaban J connectivity index is 1.78. The third kappa shape index (κ3) is 4.33. The smallest absolute Gasteiger partial charge is 0.127 e. The molecule has 134 valence electrons. The molecule has 0 unspecified atom stereocenters. The van der Waals surface area contributed by atoms with Gasteiger partial charge in [0.25, 0.3) is 0 Å². The minimum Gasteiger partial charge on any atom is -0.508 e. The van der Waals surface area contributed by atoms with E-state index in [-0.39, 0.29) is 17.4 Å². The zero-order chi connectivity index (χ0) is 18.5. The molecule has 0 amide bonds. The van der Waals surface area contributed by atoms with Crippen molar-refractivity contribution in [3.05, 3.63) is 77.9 Å². The zero-order valence-electron chi connectivity index (χ0n) is 14.9. The monoisotopic (exact) mass is 365 g/mol. The van der Waals surface area contributed by atoms with Gasteiger partial charge < -0.3 is 14.9 Å². The van der Waals surface area contributed by atoms with Crippen molar-refractivity contribution < 1.29 is 10.2 Å². The number of anilines is 1. The van der Waals surface area contributed by atoms with Gasteiger partial charge in [0.1, 0.15) is 11.5 Å². The summed E-state index contributed by atoms with van der Waals surface area (Å²) in [5.74, 6) is 1.26. The third-order valence-corrected chi connectivity index (χ3v) is 5.07. The van der Waals surface area contributed by atoms with Gasteiger partial charge in [0, 0.05) is 23.1 Å². The number of hydrogen-bond acceptors (Lipinski definition) is 4. The van der Waals surface area contributed by atoms with Gasteiger partial charge in [0.05, 0.1) is 0 Å². The van der Waals surface area contributed by atoms with E-state index in [2.05, 4.69) is 16.9 Å². The summed E-state index contributed by atoms with van der Waals surface area (Å²) < 4.78 is 3.36. The van der Waals surface area contributed by atoms with Gasteiger partial charge in [-0.05, 0) is 52.8 Å². The van der Waals surface area contributed by atoms with E-state index in [1.807, 2.05) is 62.4 Å². The highest BCUT2D eigenvalue weighted by molar-refractivity contribution is 7.99. The van der Waals surface area contributed by atoms with Gasteiger partial charge >= 0.3 is 0 Å². The van der Waals surface area contributed by atoms with Crippen molar-refractivity contribution in [2.75, 3.05) is 4.72 Å². The molecule has 0 radical (unpaired) electrons. The Morgan fingerprint density at radius 1 is 0.885 bits per heavy atom. The topological polar surface area (TPSA) is 52.5 Å². The maximum absolute atomic E-state index is 10.3. The van der Waals surface area contributed by atoms with Gasteiger partial charge in [-0.2, -0.15) is 0 Å². The number of phenolic OH excluding ortho intramolecular Hbond substituents is 2. The lowest BCUT2D eigenvalue weighted by atomic mass is 9.95. The van der Waals surface area contributed by atoms with Crippen LogP contribution in [0.3, 0.4) is 0 Å². The number of hydrogen-bond donors (Lipinski definition) is 3. The molecule has 3 nitrogen and oxygen atoms in total. The van der Waals surface area contributed by atoms with Crippen LogP contribution >= 0.6 is 11.9 Å². The molecule has 4 heteroatoms. The van der Waals surface area contributed by atoms with Crippen molar-refractivity contribution in [2.24, 2.45) is 0 Å². The summed E-state index contributed by atoms with van der Waals surface area (Å²) in [6.07, 6.45) is 0. The lowest BCUT2D eigenvalue weighted by molar-refractivity contribution is 0.445. The van der Waals surface area contributed by atoms with Crippen LogP contribution in [0.2, 0.25) is 0 Å². The first-order valence-corrected chi connectivity index (χ1v) is 9.61. The molecule has 3 rings (SSSR count). The van der Waals surface area contributed by atoms with Crippen molar-refractivity contribution in [1.82, 2.24) is 0 Å². The maximum atomic E-state index is 10.3. The Morgan fingerprint density at radius 2 is 1.65 bits per heavy atom. The molecule has 0 saturated carbocycles. The number of nitrogens with one attached hydrogen (secondary N) is 1. The fourth-order valence-corrected chi connectivity index (χ4v) is 3.54. The van der Waals surface area contributed by atoms with Gasteiger partial charge in [-0.15, -0.1) is 0 Å². The molecule has 3 aromatic rings. The Kier molecular flexibility index (Phi) is 5.74. The van der Waals surface area contributed by atoms with Crippen LogP contribution < -0.4 is 4.72 Å². The molecule has 0 saturated heterocycles. The minimum absolute atomic E-state index is 0.0842. The highest BCUT2D eigenvalue weighted by Crippen LogP contribution is 2.38. The van der Waals surface area contributed by atoms with Crippen molar-refractivity contribution in [2.45, 2.75) is 25.5 Å². The van der Waals surface area contributed by atoms with Crippen molar-refractivity contribution in [3.63, 3.8) is 0 Å². The van der Waals surface area contributed by atoms with Gasteiger partial charge in [-0.25, -0.2) is 0 Å². The van der Waals surface area contributed by atoms with Crippen LogP contribution in [0.1, 0.15) is 30.9 Å². The van der Waals surface area contributed by atoms with Gasteiger partial charge in [-0.1, -0.05) is 56.3 Å². The number of phenols is 2. The van der Waals surface area contributed by atoms with E-state index in [0.29, 0.717) is 0 Å². The third-order valence-electron chi connectivity index (χ3n) is 4.21. The van der Waals surface area contributed by atoms with Gasteiger partial charge in [-0.3, -0.25) is 0 Å². The normalized spacial score (nSPS) is 10.9. The second-order valence-electron chi connectivity index (χ2n) is 6.54. The standard InChI is InChI=1S/C22H23NO2S/c1-15(2)19-12-20(22(25)13-21(19)24)17-9-6-10-18(11-17)23-26-14-16-7-4-3-5-8-16/h3-13,15,23-25H,14H2,1-2H3. The number of rotatable bonds is 6. The average Bonchev–Trinajstić information content (AvgIpc) is 2.62. The molecule has 0 fully saturated rings. The first-order chi connectivity index (χ1) is 12.5. The summed E-state index contributed by atoms with van der Waals surface area (Å²) >= 11 is 1.63. The summed E-state index contributed by atoms with van der Waals surface area (Å²) in [5, 5.41) is 20.3.